The van der Waals surface area contributed by atoms with Crippen molar-refractivity contribution in [3.05, 3.63) is 77.4 Å². The molecule has 0 bridgehead atoms. The number of ether oxygens (including phenoxy) is 1. The molecule has 3 aromatic rings. The summed E-state index contributed by atoms with van der Waals surface area (Å²) in [6.07, 6.45) is 2.46. The van der Waals surface area contributed by atoms with Gasteiger partial charge in [0.15, 0.2) is 0 Å². The van der Waals surface area contributed by atoms with Crippen molar-refractivity contribution in [3.8, 4) is 11.6 Å². The number of halogens is 1. The van der Waals surface area contributed by atoms with E-state index in [1.54, 1.807) is 48.5 Å². The SMILES string of the molecule is CS(=O)(=O)Nc1ccccc1C(=O)Nc1ccc(Oc2ccc(Cl)cc2)nc1. The molecule has 0 fully saturated rings. The highest BCUT2D eigenvalue weighted by Gasteiger charge is 2.14. The number of benzene rings is 2. The molecule has 0 saturated heterocycles. The zero-order valence-corrected chi connectivity index (χ0v) is 16.3. The zero-order valence-electron chi connectivity index (χ0n) is 14.7. The molecule has 0 radical (unpaired) electrons. The van der Waals surface area contributed by atoms with Gasteiger partial charge in [0.05, 0.1) is 29.4 Å². The smallest absolute Gasteiger partial charge is 0.257 e. The van der Waals surface area contributed by atoms with Crippen molar-refractivity contribution in [3.63, 3.8) is 0 Å². The fourth-order valence-electron chi connectivity index (χ4n) is 2.31. The number of carbonyl (C=O) groups excluding carboxylic acids is 1. The third kappa shape index (κ3) is 5.45. The number of hydrogen-bond acceptors (Lipinski definition) is 5. The third-order valence-corrected chi connectivity index (χ3v) is 4.34. The lowest BCUT2D eigenvalue weighted by atomic mass is 10.1. The minimum absolute atomic E-state index is 0.189. The monoisotopic (exact) mass is 417 g/mol. The molecule has 1 heterocycles. The molecule has 1 amide bonds. The second kappa shape index (κ2) is 8.28. The fourth-order valence-corrected chi connectivity index (χ4v) is 3.01. The Kier molecular flexibility index (Phi) is 5.81. The molecule has 0 aliphatic carbocycles. The van der Waals surface area contributed by atoms with E-state index >= 15 is 0 Å². The van der Waals surface area contributed by atoms with Crippen molar-refractivity contribution in [2.75, 3.05) is 16.3 Å². The van der Waals surface area contributed by atoms with Gasteiger partial charge >= 0.3 is 0 Å². The van der Waals surface area contributed by atoms with Gasteiger partial charge in [-0.1, -0.05) is 23.7 Å². The van der Waals surface area contributed by atoms with Gasteiger partial charge in [0.2, 0.25) is 15.9 Å². The molecule has 0 atom stereocenters. The summed E-state index contributed by atoms with van der Waals surface area (Å²) >= 11 is 5.83. The molecular formula is C19H16ClN3O4S. The standard InChI is InChI=1S/C19H16ClN3O4S/c1-28(25,26)23-17-5-3-2-4-16(17)19(24)22-14-8-11-18(21-12-14)27-15-9-6-13(20)7-10-15/h2-12,23H,1H3,(H,22,24). The second-order valence-corrected chi connectivity index (χ2v) is 8.00. The zero-order chi connectivity index (χ0) is 20.1. The number of hydrogen-bond donors (Lipinski definition) is 2. The summed E-state index contributed by atoms with van der Waals surface area (Å²) < 4.78 is 30.8. The number of carbonyl (C=O) groups is 1. The first-order valence-corrected chi connectivity index (χ1v) is 10.3. The van der Waals surface area contributed by atoms with Crippen LogP contribution in [0.5, 0.6) is 11.6 Å². The first-order valence-electron chi connectivity index (χ1n) is 8.08. The Balaban J connectivity index is 1.70. The number of sulfonamides is 1. The van der Waals surface area contributed by atoms with Gasteiger partial charge in [0, 0.05) is 11.1 Å². The summed E-state index contributed by atoms with van der Waals surface area (Å²) in [5.41, 5.74) is 0.815. The maximum atomic E-state index is 12.5. The highest BCUT2D eigenvalue weighted by atomic mass is 35.5. The van der Waals surface area contributed by atoms with Crippen molar-refractivity contribution in [1.82, 2.24) is 4.98 Å². The molecule has 7 nitrogen and oxygen atoms in total. The predicted molar refractivity (Wildman–Crippen MR) is 109 cm³/mol. The minimum Gasteiger partial charge on any atom is -0.439 e. The van der Waals surface area contributed by atoms with Crippen LogP contribution in [-0.2, 0) is 10.0 Å². The fraction of sp³-hybridized carbons (Fsp3) is 0.0526. The van der Waals surface area contributed by atoms with Crippen LogP contribution in [0.2, 0.25) is 5.02 Å². The number of amides is 1. The summed E-state index contributed by atoms with van der Waals surface area (Å²) in [6, 6.07) is 16.4. The Morgan fingerprint density at radius 3 is 2.39 bits per heavy atom. The van der Waals surface area contributed by atoms with Crippen molar-refractivity contribution in [1.29, 1.82) is 0 Å². The number of aromatic nitrogens is 1. The van der Waals surface area contributed by atoms with E-state index in [0.717, 1.165) is 6.26 Å². The van der Waals surface area contributed by atoms with E-state index in [0.29, 0.717) is 22.3 Å². The lowest BCUT2D eigenvalue weighted by Crippen LogP contribution is -2.17. The van der Waals surface area contributed by atoms with Crippen LogP contribution in [-0.4, -0.2) is 25.6 Å². The summed E-state index contributed by atoms with van der Waals surface area (Å²) in [4.78, 5) is 16.7. The molecule has 144 valence electrons. The molecule has 28 heavy (non-hydrogen) atoms. The predicted octanol–water partition coefficient (Wildman–Crippen LogP) is 4.15. The molecule has 1 aromatic heterocycles. The number of nitrogens with zero attached hydrogens (tertiary/aromatic N) is 1. The Morgan fingerprint density at radius 2 is 1.75 bits per heavy atom. The van der Waals surface area contributed by atoms with Gasteiger partial charge < -0.3 is 10.1 Å². The second-order valence-electron chi connectivity index (χ2n) is 5.82. The van der Waals surface area contributed by atoms with E-state index in [1.807, 2.05) is 0 Å². The molecule has 3 rings (SSSR count). The van der Waals surface area contributed by atoms with E-state index in [-0.39, 0.29) is 11.3 Å². The molecule has 2 aromatic carbocycles. The lowest BCUT2D eigenvalue weighted by Gasteiger charge is -2.11. The van der Waals surface area contributed by atoms with Gasteiger partial charge in [0.25, 0.3) is 5.91 Å². The first kappa shape index (κ1) is 19.7. The lowest BCUT2D eigenvalue weighted by molar-refractivity contribution is 0.102. The largest absolute Gasteiger partial charge is 0.439 e. The van der Waals surface area contributed by atoms with Crippen LogP contribution in [0, 0.1) is 0 Å². The minimum atomic E-state index is -3.51. The van der Waals surface area contributed by atoms with Crippen LogP contribution in [0.4, 0.5) is 11.4 Å². The maximum Gasteiger partial charge on any atom is 0.257 e. The number of nitrogens with one attached hydrogen (secondary N) is 2. The van der Waals surface area contributed by atoms with Crippen LogP contribution >= 0.6 is 11.6 Å². The van der Waals surface area contributed by atoms with Crippen molar-refractivity contribution in [2.24, 2.45) is 0 Å². The van der Waals surface area contributed by atoms with Crippen molar-refractivity contribution in [2.45, 2.75) is 0 Å². The summed E-state index contributed by atoms with van der Waals surface area (Å²) in [5, 5.41) is 3.27. The summed E-state index contributed by atoms with van der Waals surface area (Å²) in [6.45, 7) is 0. The van der Waals surface area contributed by atoms with Crippen LogP contribution in [0.3, 0.4) is 0 Å². The van der Waals surface area contributed by atoms with E-state index in [9.17, 15) is 13.2 Å². The summed E-state index contributed by atoms with van der Waals surface area (Å²) in [7, 11) is -3.51. The highest BCUT2D eigenvalue weighted by Crippen LogP contribution is 2.23. The van der Waals surface area contributed by atoms with E-state index in [1.165, 1.54) is 18.3 Å². The van der Waals surface area contributed by atoms with Gasteiger partial charge in [0.1, 0.15) is 5.75 Å². The van der Waals surface area contributed by atoms with Gasteiger partial charge in [-0.3, -0.25) is 9.52 Å². The normalized spacial score (nSPS) is 10.9. The molecule has 0 saturated carbocycles. The average molecular weight is 418 g/mol. The van der Waals surface area contributed by atoms with Gasteiger partial charge in [-0.15, -0.1) is 0 Å². The van der Waals surface area contributed by atoms with Gasteiger partial charge in [-0.25, -0.2) is 13.4 Å². The van der Waals surface area contributed by atoms with E-state index in [2.05, 4.69) is 15.0 Å². The van der Waals surface area contributed by atoms with Gasteiger partial charge in [-0.05, 0) is 42.5 Å². The van der Waals surface area contributed by atoms with E-state index < -0.39 is 15.9 Å². The summed E-state index contributed by atoms with van der Waals surface area (Å²) in [5.74, 6) is 0.453. The van der Waals surface area contributed by atoms with Crippen LogP contribution in [0.1, 0.15) is 10.4 Å². The Hall–Kier alpha value is -3.10. The van der Waals surface area contributed by atoms with Crippen molar-refractivity contribution < 1.29 is 17.9 Å². The maximum absolute atomic E-state index is 12.5. The topological polar surface area (TPSA) is 97.4 Å². The van der Waals surface area contributed by atoms with Crippen LogP contribution in [0.25, 0.3) is 0 Å². The average Bonchev–Trinajstić information content (AvgIpc) is 2.64. The molecule has 0 aliphatic heterocycles. The molecule has 2 N–H and O–H groups in total. The van der Waals surface area contributed by atoms with Gasteiger partial charge in [-0.2, -0.15) is 0 Å². The molecular weight excluding hydrogens is 402 g/mol. The first-order chi connectivity index (χ1) is 13.3. The number of rotatable bonds is 6. The quantitative estimate of drug-likeness (QED) is 0.627. The molecule has 0 aliphatic rings. The van der Waals surface area contributed by atoms with Crippen molar-refractivity contribution >= 4 is 38.9 Å². The van der Waals surface area contributed by atoms with Crippen LogP contribution < -0.4 is 14.8 Å². The Labute approximate surface area is 167 Å². The van der Waals surface area contributed by atoms with E-state index in [4.69, 9.17) is 16.3 Å². The third-order valence-electron chi connectivity index (χ3n) is 3.50. The highest BCUT2D eigenvalue weighted by molar-refractivity contribution is 7.92. The van der Waals surface area contributed by atoms with Crippen LogP contribution in [0.15, 0.2) is 66.9 Å². The number of pyridine rings is 1. The Morgan fingerprint density at radius 1 is 1.04 bits per heavy atom. The Bertz CT molecular complexity index is 1080. The molecule has 0 spiro atoms. The number of anilines is 2. The molecule has 9 heteroatoms. The molecule has 0 unspecified atom stereocenters. The number of para-hydroxylation sites is 1.